The van der Waals surface area contributed by atoms with Gasteiger partial charge in [0, 0.05) is 39.3 Å². The molecule has 4 heteroatoms. The number of nitrogens with zero attached hydrogens (tertiary/aromatic N) is 2. The summed E-state index contributed by atoms with van der Waals surface area (Å²) in [5.41, 5.74) is 0.0867. The fraction of sp³-hybridized carbons (Fsp3) is 1.00. The predicted octanol–water partition coefficient (Wildman–Crippen LogP) is 0.554. The third-order valence-corrected chi connectivity index (χ3v) is 3.90. The Morgan fingerprint density at radius 1 is 1.18 bits per heavy atom. The summed E-state index contributed by atoms with van der Waals surface area (Å²) in [6.45, 7) is 10.9. The second kappa shape index (κ2) is 5.65. The van der Waals surface area contributed by atoms with Gasteiger partial charge in [0.15, 0.2) is 0 Å². The molecule has 2 aliphatic rings. The topological polar surface area (TPSA) is 35.9 Å². The van der Waals surface area contributed by atoms with E-state index in [0.717, 1.165) is 39.3 Å². The highest BCUT2D eigenvalue weighted by atomic mass is 16.5. The molecule has 1 atom stereocenters. The maximum Gasteiger partial charge on any atom is 0.0710 e. The Balaban J connectivity index is 1.68. The summed E-state index contributed by atoms with van der Waals surface area (Å²) in [5.74, 6) is 0. The fourth-order valence-electron chi connectivity index (χ4n) is 2.83. The van der Waals surface area contributed by atoms with Gasteiger partial charge in [-0.25, -0.2) is 0 Å². The number of rotatable bonds is 4. The van der Waals surface area contributed by atoms with Gasteiger partial charge in [-0.2, -0.15) is 0 Å². The Morgan fingerprint density at radius 3 is 2.35 bits per heavy atom. The number of hydrogen-bond donors (Lipinski definition) is 1. The Bertz CT molecular complexity index is 238. The van der Waals surface area contributed by atoms with Crippen molar-refractivity contribution in [3.8, 4) is 0 Å². The molecule has 4 nitrogen and oxygen atoms in total. The molecule has 0 saturated carbocycles. The molecule has 0 bridgehead atoms. The third kappa shape index (κ3) is 3.91. The van der Waals surface area contributed by atoms with E-state index in [4.69, 9.17) is 9.84 Å². The fourth-order valence-corrected chi connectivity index (χ4v) is 2.83. The van der Waals surface area contributed by atoms with Crippen molar-refractivity contribution in [2.45, 2.75) is 38.4 Å². The van der Waals surface area contributed by atoms with E-state index >= 15 is 0 Å². The van der Waals surface area contributed by atoms with Crippen LogP contribution in [0, 0.1) is 0 Å². The molecule has 0 aromatic carbocycles. The van der Waals surface area contributed by atoms with E-state index < -0.39 is 0 Å². The Kier molecular flexibility index (Phi) is 4.42. The number of β-amino-alcohol motifs (C(OH)–C–C–N with tert-alkyl or cyclic N) is 1. The van der Waals surface area contributed by atoms with Crippen LogP contribution in [0.5, 0.6) is 0 Å². The first kappa shape index (κ1) is 13.3. The van der Waals surface area contributed by atoms with E-state index in [-0.39, 0.29) is 12.2 Å². The maximum absolute atomic E-state index is 8.90. The van der Waals surface area contributed by atoms with Crippen LogP contribution >= 0.6 is 0 Å². The molecule has 0 aliphatic carbocycles. The lowest BCUT2D eigenvalue weighted by atomic mass is 10.1. The van der Waals surface area contributed by atoms with Gasteiger partial charge in [0.2, 0.25) is 0 Å². The van der Waals surface area contributed by atoms with Crippen LogP contribution in [-0.2, 0) is 4.74 Å². The molecule has 0 radical (unpaired) electrons. The van der Waals surface area contributed by atoms with Crippen LogP contribution in [0.2, 0.25) is 0 Å². The average Bonchev–Trinajstić information content (AvgIpc) is 2.61. The van der Waals surface area contributed by atoms with Gasteiger partial charge in [0.25, 0.3) is 0 Å². The summed E-state index contributed by atoms with van der Waals surface area (Å²) in [6, 6.07) is 0. The SMILES string of the molecule is CC1(C)CCC(CN2CCN(CCO)CC2)O1. The van der Waals surface area contributed by atoms with Crippen molar-refractivity contribution in [1.82, 2.24) is 9.80 Å². The summed E-state index contributed by atoms with van der Waals surface area (Å²) >= 11 is 0. The minimum absolute atomic E-state index is 0.0867. The van der Waals surface area contributed by atoms with E-state index in [1.807, 2.05) is 0 Å². The summed E-state index contributed by atoms with van der Waals surface area (Å²) < 4.78 is 6.03. The highest BCUT2D eigenvalue weighted by Crippen LogP contribution is 2.29. The first-order valence-corrected chi connectivity index (χ1v) is 6.82. The molecule has 2 heterocycles. The minimum Gasteiger partial charge on any atom is -0.395 e. The quantitative estimate of drug-likeness (QED) is 0.781. The molecular formula is C13H26N2O2. The summed E-state index contributed by atoms with van der Waals surface area (Å²) in [4.78, 5) is 4.83. The lowest BCUT2D eigenvalue weighted by molar-refractivity contribution is -0.0339. The summed E-state index contributed by atoms with van der Waals surface area (Å²) in [5, 5.41) is 8.90. The van der Waals surface area contributed by atoms with E-state index in [1.54, 1.807) is 0 Å². The van der Waals surface area contributed by atoms with Crippen molar-refractivity contribution in [3.05, 3.63) is 0 Å². The van der Waals surface area contributed by atoms with E-state index in [0.29, 0.717) is 6.10 Å². The van der Waals surface area contributed by atoms with Crippen LogP contribution < -0.4 is 0 Å². The Morgan fingerprint density at radius 2 is 1.82 bits per heavy atom. The molecule has 2 aliphatic heterocycles. The van der Waals surface area contributed by atoms with E-state index in [1.165, 1.54) is 12.8 Å². The monoisotopic (exact) mass is 242 g/mol. The van der Waals surface area contributed by atoms with Gasteiger partial charge in [0.05, 0.1) is 18.3 Å². The zero-order valence-corrected chi connectivity index (χ0v) is 11.2. The van der Waals surface area contributed by atoms with Gasteiger partial charge >= 0.3 is 0 Å². The zero-order valence-electron chi connectivity index (χ0n) is 11.2. The smallest absolute Gasteiger partial charge is 0.0710 e. The highest BCUT2D eigenvalue weighted by Gasteiger charge is 2.32. The summed E-state index contributed by atoms with van der Waals surface area (Å²) in [6.07, 6.45) is 2.81. The van der Waals surface area contributed by atoms with Gasteiger partial charge < -0.3 is 9.84 Å². The molecule has 0 aromatic heterocycles. The molecule has 2 fully saturated rings. The second-order valence-electron chi connectivity index (χ2n) is 5.90. The number of ether oxygens (including phenoxy) is 1. The van der Waals surface area contributed by atoms with E-state index in [9.17, 15) is 0 Å². The normalized spacial score (nSPS) is 30.9. The average molecular weight is 242 g/mol. The van der Waals surface area contributed by atoms with Crippen LogP contribution in [0.15, 0.2) is 0 Å². The van der Waals surface area contributed by atoms with Crippen molar-refractivity contribution in [1.29, 1.82) is 0 Å². The van der Waals surface area contributed by atoms with Crippen molar-refractivity contribution in [2.24, 2.45) is 0 Å². The number of hydrogen-bond acceptors (Lipinski definition) is 4. The number of piperazine rings is 1. The van der Waals surface area contributed by atoms with Crippen molar-refractivity contribution in [3.63, 3.8) is 0 Å². The third-order valence-electron chi connectivity index (χ3n) is 3.90. The predicted molar refractivity (Wildman–Crippen MR) is 68.2 cm³/mol. The van der Waals surface area contributed by atoms with Crippen molar-refractivity contribution >= 4 is 0 Å². The minimum atomic E-state index is 0.0867. The summed E-state index contributed by atoms with van der Waals surface area (Å²) in [7, 11) is 0. The van der Waals surface area contributed by atoms with Crippen molar-refractivity contribution in [2.75, 3.05) is 45.9 Å². The maximum atomic E-state index is 8.90. The molecule has 2 rings (SSSR count). The standard InChI is InChI=1S/C13H26N2O2/c1-13(2)4-3-12(17-13)11-15-7-5-14(6-8-15)9-10-16/h12,16H,3-11H2,1-2H3. The molecule has 1 unspecified atom stereocenters. The van der Waals surface area contributed by atoms with Gasteiger partial charge in [-0.05, 0) is 26.7 Å². The molecular weight excluding hydrogens is 216 g/mol. The molecule has 0 amide bonds. The van der Waals surface area contributed by atoms with Gasteiger partial charge in [-0.15, -0.1) is 0 Å². The van der Waals surface area contributed by atoms with Gasteiger partial charge in [-0.3, -0.25) is 9.80 Å². The first-order chi connectivity index (χ1) is 8.09. The molecule has 100 valence electrons. The number of aliphatic hydroxyl groups excluding tert-OH is 1. The zero-order chi connectivity index (χ0) is 12.3. The lowest BCUT2D eigenvalue weighted by Gasteiger charge is -2.35. The lowest BCUT2D eigenvalue weighted by Crippen LogP contribution is -2.49. The van der Waals surface area contributed by atoms with Crippen LogP contribution in [0.3, 0.4) is 0 Å². The van der Waals surface area contributed by atoms with Crippen LogP contribution in [0.4, 0.5) is 0 Å². The van der Waals surface area contributed by atoms with Crippen molar-refractivity contribution < 1.29 is 9.84 Å². The van der Waals surface area contributed by atoms with Gasteiger partial charge in [-0.1, -0.05) is 0 Å². The largest absolute Gasteiger partial charge is 0.395 e. The Hall–Kier alpha value is -0.160. The van der Waals surface area contributed by atoms with Crippen LogP contribution in [-0.4, -0.2) is 72.5 Å². The molecule has 17 heavy (non-hydrogen) atoms. The van der Waals surface area contributed by atoms with Crippen LogP contribution in [0.1, 0.15) is 26.7 Å². The number of aliphatic hydroxyl groups is 1. The first-order valence-electron chi connectivity index (χ1n) is 6.82. The second-order valence-corrected chi connectivity index (χ2v) is 5.90. The van der Waals surface area contributed by atoms with Crippen LogP contribution in [0.25, 0.3) is 0 Å². The molecule has 0 aromatic rings. The molecule has 2 saturated heterocycles. The molecule has 0 spiro atoms. The van der Waals surface area contributed by atoms with Gasteiger partial charge in [0.1, 0.15) is 0 Å². The highest BCUT2D eigenvalue weighted by molar-refractivity contribution is 4.84. The molecule has 1 N–H and O–H groups in total. The Labute approximate surface area is 105 Å². The van der Waals surface area contributed by atoms with E-state index in [2.05, 4.69) is 23.6 Å².